The highest BCUT2D eigenvalue weighted by Gasteiger charge is 2.10. The molecule has 1 aromatic rings. The number of phenolic OH excluding ortho intramolecular Hbond substituents is 1. The Morgan fingerprint density at radius 2 is 2.23 bits per heavy atom. The lowest BCUT2D eigenvalue weighted by Gasteiger charge is -2.11. The highest BCUT2D eigenvalue weighted by molar-refractivity contribution is 6.30. The molecule has 0 unspecified atom stereocenters. The zero-order valence-electron chi connectivity index (χ0n) is 7.42. The van der Waals surface area contributed by atoms with Crippen LogP contribution in [-0.2, 0) is 0 Å². The first-order valence-corrected chi connectivity index (χ1v) is 4.31. The lowest BCUT2D eigenvalue weighted by molar-refractivity contribution is 0.462. The molecule has 13 heavy (non-hydrogen) atoms. The third-order valence-corrected chi connectivity index (χ3v) is 2.13. The van der Waals surface area contributed by atoms with E-state index in [-0.39, 0.29) is 11.8 Å². The van der Waals surface area contributed by atoms with E-state index >= 15 is 0 Å². The zero-order chi connectivity index (χ0) is 10.0. The molecule has 1 rings (SSSR count). The van der Waals surface area contributed by atoms with Gasteiger partial charge in [0, 0.05) is 10.6 Å². The number of halogens is 1. The standard InChI is InChI=1S/C10H12ClNO/c1-3-9(12)8-5-7(11)4-6(2)10(8)13/h3-5,9,13H,1,12H2,2H3/t9-/m0/s1. The summed E-state index contributed by atoms with van der Waals surface area (Å²) in [7, 11) is 0. The lowest BCUT2D eigenvalue weighted by Crippen LogP contribution is -2.07. The minimum atomic E-state index is -0.377. The topological polar surface area (TPSA) is 46.2 Å². The van der Waals surface area contributed by atoms with Crippen molar-refractivity contribution < 1.29 is 5.11 Å². The molecule has 0 amide bonds. The van der Waals surface area contributed by atoms with Gasteiger partial charge < -0.3 is 10.8 Å². The van der Waals surface area contributed by atoms with Crippen LogP contribution in [0, 0.1) is 6.92 Å². The van der Waals surface area contributed by atoms with E-state index in [1.165, 1.54) is 0 Å². The van der Waals surface area contributed by atoms with E-state index in [9.17, 15) is 5.11 Å². The summed E-state index contributed by atoms with van der Waals surface area (Å²) in [5.74, 6) is 0.191. The highest BCUT2D eigenvalue weighted by atomic mass is 35.5. The van der Waals surface area contributed by atoms with Crippen LogP contribution in [0.3, 0.4) is 0 Å². The Kier molecular flexibility index (Phi) is 2.96. The van der Waals surface area contributed by atoms with E-state index in [1.807, 2.05) is 0 Å². The normalized spacial score (nSPS) is 12.5. The number of aryl methyl sites for hydroxylation is 1. The van der Waals surface area contributed by atoms with Crippen molar-refractivity contribution in [1.29, 1.82) is 0 Å². The van der Waals surface area contributed by atoms with Gasteiger partial charge in [0.25, 0.3) is 0 Å². The van der Waals surface area contributed by atoms with Crippen molar-refractivity contribution >= 4 is 11.6 Å². The van der Waals surface area contributed by atoms with Gasteiger partial charge in [-0.3, -0.25) is 0 Å². The molecule has 0 aliphatic carbocycles. The van der Waals surface area contributed by atoms with E-state index in [0.29, 0.717) is 10.6 Å². The van der Waals surface area contributed by atoms with Gasteiger partial charge in [-0.15, -0.1) is 6.58 Å². The number of nitrogens with two attached hydrogens (primary N) is 1. The van der Waals surface area contributed by atoms with Gasteiger partial charge in [-0.1, -0.05) is 17.7 Å². The van der Waals surface area contributed by atoms with Gasteiger partial charge in [-0.25, -0.2) is 0 Å². The fourth-order valence-electron chi connectivity index (χ4n) is 1.14. The summed E-state index contributed by atoms with van der Waals surface area (Å²) in [4.78, 5) is 0. The van der Waals surface area contributed by atoms with E-state index in [1.54, 1.807) is 25.1 Å². The largest absolute Gasteiger partial charge is 0.507 e. The van der Waals surface area contributed by atoms with Gasteiger partial charge in [-0.05, 0) is 24.6 Å². The van der Waals surface area contributed by atoms with Crippen molar-refractivity contribution in [1.82, 2.24) is 0 Å². The van der Waals surface area contributed by atoms with Crippen molar-refractivity contribution in [3.63, 3.8) is 0 Å². The van der Waals surface area contributed by atoms with Crippen molar-refractivity contribution in [2.45, 2.75) is 13.0 Å². The molecule has 3 N–H and O–H groups in total. The van der Waals surface area contributed by atoms with Crippen molar-refractivity contribution in [2.24, 2.45) is 5.73 Å². The number of aromatic hydroxyl groups is 1. The molecule has 70 valence electrons. The first-order valence-electron chi connectivity index (χ1n) is 3.93. The van der Waals surface area contributed by atoms with Crippen LogP contribution in [-0.4, -0.2) is 5.11 Å². The number of hydrogen-bond acceptors (Lipinski definition) is 2. The molecule has 0 saturated carbocycles. The Bertz CT molecular complexity index is 336. The molecular weight excluding hydrogens is 186 g/mol. The molecule has 0 bridgehead atoms. The Labute approximate surface area is 82.6 Å². The summed E-state index contributed by atoms with van der Waals surface area (Å²) in [6.45, 7) is 5.34. The molecule has 1 atom stereocenters. The van der Waals surface area contributed by atoms with Crippen molar-refractivity contribution in [3.05, 3.63) is 40.9 Å². The van der Waals surface area contributed by atoms with Gasteiger partial charge in [0.2, 0.25) is 0 Å². The number of benzene rings is 1. The van der Waals surface area contributed by atoms with Gasteiger partial charge in [0.15, 0.2) is 0 Å². The van der Waals surface area contributed by atoms with Crippen LogP contribution in [0.1, 0.15) is 17.2 Å². The Hall–Kier alpha value is -0.990. The number of phenols is 1. The van der Waals surface area contributed by atoms with Crippen LogP contribution < -0.4 is 5.73 Å². The second kappa shape index (κ2) is 3.81. The van der Waals surface area contributed by atoms with E-state index < -0.39 is 0 Å². The minimum Gasteiger partial charge on any atom is -0.507 e. The number of hydrogen-bond donors (Lipinski definition) is 2. The van der Waals surface area contributed by atoms with Crippen LogP contribution >= 0.6 is 11.6 Å². The molecule has 0 aliphatic rings. The van der Waals surface area contributed by atoms with Gasteiger partial charge in [-0.2, -0.15) is 0 Å². The predicted octanol–water partition coefficient (Wildman–Crippen LogP) is 2.54. The van der Waals surface area contributed by atoms with E-state index in [0.717, 1.165) is 5.56 Å². The highest BCUT2D eigenvalue weighted by Crippen LogP contribution is 2.30. The molecule has 0 radical (unpaired) electrons. The molecule has 3 heteroatoms. The maximum absolute atomic E-state index is 9.64. The SMILES string of the molecule is C=C[C@H](N)c1cc(Cl)cc(C)c1O. The summed E-state index contributed by atoms with van der Waals surface area (Å²) in [5, 5.41) is 10.2. The first-order chi connectivity index (χ1) is 6.06. The van der Waals surface area contributed by atoms with Crippen LogP contribution in [0.25, 0.3) is 0 Å². The summed E-state index contributed by atoms with van der Waals surface area (Å²) in [5.41, 5.74) is 7.03. The van der Waals surface area contributed by atoms with Crippen molar-refractivity contribution in [2.75, 3.05) is 0 Å². The minimum absolute atomic E-state index is 0.191. The molecular formula is C10H12ClNO. The summed E-state index contributed by atoms with van der Waals surface area (Å²) in [6.07, 6.45) is 1.56. The fraction of sp³-hybridized carbons (Fsp3) is 0.200. The van der Waals surface area contributed by atoms with Gasteiger partial charge in [0.05, 0.1) is 6.04 Å². The Morgan fingerprint density at radius 3 is 2.77 bits per heavy atom. The molecule has 2 nitrogen and oxygen atoms in total. The zero-order valence-corrected chi connectivity index (χ0v) is 8.17. The molecule has 0 heterocycles. The van der Waals surface area contributed by atoms with E-state index in [4.69, 9.17) is 17.3 Å². The fourth-order valence-corrected chi connectivity index (χ4v) is 1.42. The molecule has 0 saturated heterocycles. The van der Waals surface area contributed by atoms with Crippen LogP contribution in [0.15, 0.2) is 24.8 Å². The summed E-state index contributed by atoms with van der Waals surface area (Å²) in [6, 6.07) is 2.96. The predicted molar refractivity (Wildman–Crippen MR) is 55.0 cm³/mol. The third-order valence-electron chi connectivity index (χ3n) is 1.91. The van der Waals surface area contributed by atoms with Gasteiger partial charge in [0.1, 0.15) is 5.75 Å². The molecule has 0 aliphatic heterocycles. The molecule has 0 aromatic heterocycles. The summed E-state index contributed by atoms with van der Waals surface area (Å²) >= 11 is 5.82. The molecule has 1 aromatic carbocycles. The maximum Gasteiger partial charge on any atom is 0.123 e. The van der Waals surface area contributed by atoms with Crippen LogP contribution in [0.4, 0.5) is 0 Å². The average Bonchev–Trinajstić information content (AvgIpc) is 2.10. The average molecular weight is 198 g/mol. The van der Waals surface area contributed by atoms with Gasteiger partial charge >= 0.3 is 0 Å². The summed E-state index contributed by atoms with van der Waals surface area (Å²) < 4.78 is 0. The number of rotatable bonds is 2. The monoisotopic (exact) mass is 197 g/mol. The quantitative estimate of drug-likeness (QED) is 0.716. The Morgan fingerprint density at radius 1 is 1.62 bits per heavy atom. The second-order valence-corrected chi connectivity index (χ2v) is 3.36. The second-order valence-electron chi connectivity index (χ2n) is 2.92. The van der Waals surface area contributed by atoms with E-state index in [2.05, 4.69) is 6.58 Å². The third kappa shape index (κ3) is 2.02. The smallest absolute Gasteiger partial charge is 0.123 e. The van der Waals surface area contributed by atoms with Crippen LogP contribution in [0.2, 0.25) is 5.02 Å². The lowest BCUT2D eigenvalue weighted by atomic mass is 10.0. The first kappa shape index (κ1) is 10.1. The molecule has 0 spiro atoms. The van der Waals surface area contributed by atoms with Crippen molar-refractivity contribution in [3.8, 4) is 5.75 Å². The molecule has 0 fully saturated rings. The van der Waals surface area contributed by atoms with Crippen LogP contribution in [0.5, 0.6) is 5.75 Å². The maximum atomic E-state index is 9.64. The Balaban J connectivity index is 3.27.